The Labute approximate surface area is 101 Å². The minimum Gasteiger partial charge on any atom is -0.494 e. The largest absolute Gasteiger partial charge is 0.494 e. The van der Waals surface area contributed by atoms with Gasteiger partial charge in [0.1, 0.15) is 5.75 Å². The lowest BCUT2D eigenvalue weighted by Gasteiger charge is -2.21. The molecule has 1 heterocycles. The van der Waals surface area contributed by atoms with Crippen LogP contribution in [0.4, 0.5) is 0 Å². The molecule has 0 radical (unpaired) electrons. The molecule has 0 aliphatic heterocycles. The van der Waals surface area contributed by atoms with E-state index in [9.17, 15) is 0 Å². The van der Waals surface area contributed by atoms with Gasteiger partial charge < -0.3 is 14.9 Å². The second-order valence-electron chi connectivity index (χ2n) is 4.19. The van der Waals surface area contributed by atoms with Gasteiger partial charge in [-0.2, -0.15) is 0 Å². The van der Waals surface area contributed by atoms with E-state index < -0.39 is 5.54 Å². The van der Waals surface area contributed by atoms with Gasteiger partial charge in [0.05, 0.1) is 12.6 Å². The zero-order valence-electron chi connectivity index (χ0n) is 10.5. The molecular formula is C13H18N2O2. The van der Waals surface area contributed by atoms with E-state index in [1.54, 1.807) is 7.11 Å². The summed E-state index contributed by atoms with van der Waals surface area (Å²) >= 11 is 0. The molecule has 17 heavy (non-hydrogen) atoms. The molecular weight excluding hydrogens is 216 g/mol. The first kappa shape index (κ1) is 11.9. The summed E-state index contributed by atoms with van der Waals surface area (Å²) in [5, 5.41) is 0. The summed E-state index contributed by atoms with van der Waals surface area (Å²) in [7, 11) is 1.62. The lowest BCUT2D eigenvalue weighted by Crippen LogP contribution is -2.35. The van der Waals surface area contributed by atoms with Crippen LogP contribution >= 0.6 is 0 Å². The summed E-state index contributed by atoms with van der Waals surface area (Å²) < 4.78 is 11.0. The molecule has 0 unspecified atom stereocenters. The van der Waals surface area contributed by atoms with Crippen LogP contribution in [0, 0.1) is 0 Å². The SMILES string of the molecule is CCC(N)(CC)c1nc2c(OC)cccc2o1. The fraction of sp³-hybridized carbons (Fsp3) is 0.462. The van der Waals surface area contributed by atoms with Crippen molar-refractivity contribution in [1.82, 2.24) is 4.98 Å². The van der Waals surface area contributed by atoms with Crippen LogP contribution in [0.3, 0.4) is 0 Å². The van der Waals surface area contributed by atoms with E-state index in [0.717, 1.165) is 23.9 Å². The lowest BCUT2D eigenvalue weighted by atomic mass is 9.94. The van der Waals surface area contributed by atoms with Crippen LogP contribution in [0.2, 0.25) is 0 Å². The fourth-order valence-corrected chi connectivity index (χ4v) is 1.85. The molecule has 0 aliphatic rings. The Hall–Kier alpha value is -1.55. The number of nitrogens with two attached hydrogens (primary N) is 1. The third-order valence-electron chi connectivity index (χ3n) is 3.29. The molecule has 1 aromatic heterocycles. The summed E-state index contributed by atoms with van der Waals surface area (Å²) in [6.07, 6.45) is 1.58. The van der Waals surface area contributed by atoms with Gasteiger partial charge in [0.15, 0.2) is 11.1 Å². The van der Waals surface area contributed by atoms with Gasteiger partial charge in [-0.25, -0.2) is 4.98 Å². The van der Waals surface area contributed by atoms with Crippen molar-refractivity contribution in [2.75, 3.05) is 7.11 Å². The van der Waals surface area contributed by atoms with Gasteiger partial charge in [-0.3, -0.25) is 0 Å². The first-order valence-corrected chi connectivity index (χ1v) is 5.87. The fourth-order valence-electron chi connectivity index (χ4n) is 1.85. The van der Waals surface area contributed by atoms with Crippen molar-refractivity contribution in [1.29, 1.82) is 0 Å². The quantitative estimate of drug-likeness (QED) is 0.883. The van der Waals surface area contributed by atoms with Crippen molar-refractivity contribution in [3.63, 3.8) is 0 Å². The Balaban J connectivity index is 2.58. The molecule has 1 aromatic carbocycles. The van der Waals surface area contributed by atoms with E-state index in [1.807, 2.05) is 32.0 Å². The lowest BCUT2D eigenvalue weighted by molar-refractivity contribution is 0.318. The zero-order chi connectivity index (χ0) is 12.5. The third-order valence-corrected chi connectivity index (χ3v) is 3.29. The third kappa shape index (κ3) is 1.89. The van der Waals surface area contributed by atoms with Crippen LogP contribution in [0.15, 0.2) is 22.6 Å². The van der Waals surface area contributed by atoms with Gasteiger partial charge in [0.2, 0.25) is 5.89 Å². The van der Waals surface area contributed by atoms with Gasteiger partial charge >= 0.3 is 0 Å². The van der Waals surface area contributed by atoms with Crippen LogP contribution in [0.5, 0.6) is 5.75 Å². The number of ether oxygens (including phenoxy) is 1. The van der Waals surface area contributed by atoms with E-state index in [0.29, 0.717) is 11.6 Å². The number of hydrogen-bond donors (Lipinski definition) is 1. The Morgan fingerprint density at radius 1 is 1.35 bits per heavy atom. The summed E-state index contributed by atoms with van der Waals surface area (Å²) in [6.45, 7) is 4.07. The molecule has 2 rings (SSSR count). The number of aromatic nitrogens is 1. The topological polar surface area (TPSA) is 61.3 Å². The minimum absolute atomic E-state index is 0.496. The molecule has 0 bridgehead atoms. The molecule has 92 valence electrons. The molecule has 0 aliphatic carbocycles. The molecule has 2 aromatic rings. The highest BCUT2D eigenvalue weighted by molar-refractivity contribution is 5.79. The molecule has 0 atom stereocenters. The molecule has 2 N–H and O–H groups in total. The minimum atomic E-state index is -0.496. The highest BCUT2D eigenvalue weighted by atomic mass is 16.5. The number of oxazole rings is 1. The van der Waals surface area contributed by atoms with Crippen molar-refractivity contribution in [2.45, 2.75) is 32.2 Å². The van der Waals surface area contributed by atoms with E-state index >= 15 is 0 Å². The van der Waals surface area contributed by atoms with Crippen molar-refractivity contribution in [3.05, 3.63) is 24.1 Å². The molecule has 0 fully saturated rings. The maximum absolute atomic E-state index is 6.28. The molecule has 0 saturated heterocycles. The smallest absolute Gasteiger partial charge is 0.215 e. The zero-order valence-corrected chi connectivity index (χ0v) is 10.5. The standard InChI is InChI=1S/C13H18N2O2/c1-4-13(14,5-2)12-15-11-9(16-3)7-6-8-10(11)17-12/h6-8H,4-5,14H2,1-3H3. The van der Waals surface area contributed by atoms with E-state index in [-0.39, 0.29) is 0 Å². The Kier molecular flexibility index (Phi) is 3.07. The van der Waals surface area contributed by atoms with Crippen LogP contribution < -0.4 is 10.5 Å². The van der Waals surface area contributed by atoms with Crippen molar-refractivity contribution < 1.29 is 9.15 Å². The first-order valence-electron chi connectivity index (χ1n) is 5.87. The van der Waals surface area contributed by atoms with E-state index in [1.165, 1.54) is 0 Å². The monoisotopic (exact) mass is 234 g/mol. The van der Waals surface area contributed by atoms with Crippen LogP contribution in [-0.4, -0.2) is 12.1 Å². The number of hydrogen-bond acceptors (Lipinski definition) is 4. The van der Waals surface area contributed by atoms with E-state index in [4.69, 9.17) is 14.9 Å². The Morgan fingerprint density at radius 2 is 2.06 bits per heavy atom. The normalized spacial score (nSPS) is 12.0. The molecule has 4 nitrogen and oxygen atoms in total. The second kappa shape index (κ2) is 4.37. The molecule has 4 heteroatoms. The summed E-state index contributed by atoms with van der Waals surface area (Å²) in [4.78, 5) is 4.48. The number of methoxy groups -OCH3 is 1. The van der Waals surface area contributed by atoms with Gasteiger partial charge in [0.25, 0.3) is 0 Å². The number of rotatable bonds is 4. The van der Waals surface area contributed by atoms with Crippen LogP contribution in [0.25, 0.3) is 11.1 Å². The maximum atomic E-state index is 6.28. The number of benzene rings is 1. The first-order chi connectivity index (χ1) is 8.14. The average Bonchev–Trinajstić information content (AvgIpc) is 2.81. The maximum Gasteiger partial charge on any atom is 0.215 e. The van der Waals surface area contributed by atoms with Gasteiger partial charge in [-0.1, -0.05) is 19.9 Å². The van der Waals surface area contributed by atoms with Gasteiger partial charge in [-0.05, 0) is 25.0 Å². The highest BCUT2D eigenvalue weighted by Gasteiger charge is 2.29. The summed E-state index contributed by atoms with van der Waals surface area (Å²) in [5.74, 6) is 1.30. The summed E-state index contributed by atoms with van der Waals surface area (Å²) in [5.41, 5.74) is 7.24. The van der Waals surface area contributed by atoms with Gasteiger partial charge in [0, 0.05) is 0 Å². The average molecular weight is 234 g/mol. The van der Waals surface area contributed by atoms with E-state index in [2.05, 4.69) is 4.98 Å². The van der Waals surface area contributed by atoms with Crippen LogP contribution in [0.1, 0.15) is 32.6 Å². The molecule has 0 spiro atoms. The second-order valence-corrected chi connectivity index (χ2v) is 4.19. The molecule has 0 amide bonds. The van der Waals surface area contributed by atoms with Crippen molar-refractivity contribution >= 4 is 11.1 Å². The predicted molar refractivity (Wildman–Crippen MR) is 67.0 cm³/mol. The van der Waals surface area contributed by atoms with Gasteiger partial charge in [-0.15, -0.1) is 0 Å². The number of fused-ring (bicyclic) bond motifs is 1. The highest BCUT2D eigenvalue weighted by Crippen LogP contribution is 2.31. The number of para-hydroxylation sites is 1. The van der Waals surface area contributed by atoms with Crippen molar-refractivity contribution in [3.8, 4) is 5.75 Å². The summed E-state index contributed by atoms with van der Waals surface area (Å²) in [6, 6.07) is 5.62. The Bertz CT molecular complexity index is 515. The Morgan fingerprint density at radius 3 is 2.65 bits per heavy atom. The van der Waals surface area contributed by atoms with Crippen LogP contribution in [-0.2, 0) is 5.54 Å². The number of nitrogens with zero attached hydrogens (tertiary/aromatic N) is 1. The molecule has 0 saturated carbocycles. The van der Waals surface area contributed by atoms with Crippen molar-refractivity contribution in [2.24, 2.45) is 5.73 Å². The predicted octanol–water partition coefficient (Wildman–Crippen LogP) is 2.81.